The second kappa shape index (κ2) is 34.8. The van der Waals surface area contributed by atoms with Crippen molar-refractivity contribution in [2.24, 2.45) is 0 Å². The topological polar surface area (TPSA) is 60.4 Å². The molecule has 0 amide bonds. The number of ether oxygens (including phenoxy) is 2. The van der Waals surface area contributed by atoms with Crippen LogP contribution in [0.25, 0.3) is 0 Å². The summed E-state index contributed by atoms with van der Waals surface area (Å²) < 4.78 is 15.3. The molecule has 0 saturated carbocycles. The number of rotatable bonds is 31. The fraction of sp³-hybridized carbons (Fsp3) is 0.714. The van der Waals surface area contributed by atoms with Gasteiger partial charge < -0.3 is 57.4 Å². The normalized spacial score (nSPS) is 10.7. The number of carbonyl (C=O) groups excluding carboxylic acids is 2. The molecule has 0 fully saturated rings. The molecule has 0 spiro atoms. The van der Waals surface area contributed by atoms with Crippen LogP contribution in [0.4, 0.5) is 0 Å². The average molecular weight is 921 g/mol. The summed E-state index contributed by atoms with van der Waals surface area (Å²) in [6.07, 6.45) is 38.1. The van der Waals surface area contributed by atoms with Crippen LogP contribution in [0, 0.1) is 0 Å². The molecule has 0 radical (unpaired) electrons. The van der Waals surface area contributed by atoms with Crippen LogP contribution < -0.4 is 57.1 Å². The maximum atomic E-state index is 12.4. The molecule has 0 N–H and O–H groups in total. The van der Waals surface area contributed by atoms with E-state index in [1.165, 1.54) is 128 Å². The van der Waals surface area contributed by atoms with Gasteiger partial charge in [0.1, 0.15) is 13.1 Å². The van der Waals surface area contributed by atoms with Crippen molar-refractivity contribution >= 4 is 11.9 Å². The van der Waals surface area contributed by atoms with Crippen LogP contribution in [-0.2, 0) is 22.6 Å². The second-order valence-corrected chi connectivity index (χ2v) is 13.7. The van der Waals surface area contributed by atoms with Crippen molar-refractivity contribution < 1.29 is 76.2 Å². The Bertz CT molecular complexity index is 981. The molecule has 0 aliphatic carbocycles. The van der Waals surface area contributed by atoms with Crippen LogP contribution in [0.15, 0.2) is 49.1 Å². The number of hydrogen-bond acceptors (Lipinski definition) is 4. The van der Waals surface area contributed by atoms with Crippen molar-refractivity contribution in [2.75, 3.05) is 13.2 Å². The molecule has 0 aliphatic heterocycles. The molecule has 2 heterocycles. The lowest BCUT2D eigenvalue weighted by atomic mass is 10.1. The average Bonchev–Trinajstić information content (AvgIpc) is 3.11. The standard InChI is InChI=1S/C42H70N2O4.2HI/c1-3-5-7-9-11-13-15-17-19-23-31-43-33-27-39(28-34-43)41(45)47-37-25-21-22-26-38-48-42(46)40-29-35-44(36-30-40)32-24-20-18-16-14-12-10-8-6-4-2;;/h27-30,33-36H,3-26,31-32,37-38H2,1-2H3;2*1H/q+2;;/p-2. The maximum Gasteiger partial charge on any atom is 0.338 e. The Hall–Kier alpha value is -1.30. The van der Waals surface area contributed by atoms with E-state index in [1.54, 1.807) is 0 Å². The number of hydrogen-bond donors (Lipinski definition) is 0. The number of pyridine rings is 2. The van der Waals surface area contributed by atoms with Crippen LogP contribution in [0.3, 0.4) is 0 Å². The monoisotopic (exact) mass is 920 g/mol. The summed E-state index contributed by atoms with van der Waals surface area (Å²) in [4.78, 5) is 24.8. The zero-order valence-corrected chi connectivity index (χ0v) is 36.0. The van der Waals surface area contributed by atoms with Crippen LogP contribution >= 0.6 is 0 Å². The van der Waals surface area contributed by atoms with E-state index in [0.717, 1.165) is 38.8 Å². The molecule has 2 rings (SSSR count). The molecule has 0 atom stereocenters. The van der Waals surface area contributed by atoms with Crippen molar-refractivity contribution in [2.45, 2.75) is 181 Å². The minimum absolute atomic E-state index is 0. The van der Waals surface area contributed by atoms with E-state index in [4.69, 9.17) is 9.47 Å². The van der Waals surface area contributed by atoms with E-state index in [0.29, 0.717) is 24.3 Å². The Labute approximate surface area is 340 Å². The van der Waals surface area contributed by atoms with Gasteiger partial charge in [0.2, 0.25) is 0 Å². The number of esters is 2. The van der Waals surface area contributed by atoms with Crippen LogP contribution in [0.2, 0.25) is 0 Å². The molecule has 0 bridgehead atoms. The van der Waals surface area contributed by atoms with Gasteiger partial charge >= 0.3 is 11.9 Å². The first-order valence-corrected chi connectivity index (χ1v) is 20.0. The summed E-state index contributed by atoms with van der Waals surface area (Å²) in [5.41, 5.74) is 1.21. The van der Waals surface area contributed by atoms with Gasteiger partial charge in [-0.2, -0.15) is 0 Å². The Morgan fingerprint density at radius 2 is 0.680 bits per heavy atom. The third-order valence-electron chi connectivity index (χ3n) is 9.30. The Kier molecular flexibility index (Phi) is 33.9. The molecular formula is C42H70I2N2O4. The number of aromatic nitrogens is 2. The van der Waals surface area contributed by atoms with Crippen molar-refractivity contribution in [3.8, 4) is 0 Å². The van der Waals surface area contributed by atoms with Crippen molar-refractivity contribution in [1.29, 1.82) is 0 Å². The van der Waals surface area contributed by atoms with E-state index in [2.05, 4.69) is 23.0 Å². The highest BCUT2D eigenvalue weighted by Crippen LogP contribution is 2.12. The van der Waals surface area contributed by atoms with Crippen LogP contribution in [0.1, 0.15) is 189 Å². The SMILES string of the molecule is CCCCCCCCCCCC[n+]1ccc(C(=O)OCCCCCCOC(=O)c2cc[n+](CCCCCCCCCCCC)cc2)cc1.[I-].[I-]. The lowest BCUT2D eigenvalue weighted by Crippen LogP contribution is -3.00. The first-order chi connectivity index (χ1) is 23.6. The zero-order valence-electron chi connectivity index (χ0n) is 31.7. The number of nitrogens with zero attached hydrogens (tertiary/aromatic N) is 2. The first-order valence-electron chi connectivity index (χ1n) is 20.0. The minimum atomic E-state index is -0.261. The second-order valence-electron chi connectivity index (χ2n) is 13.7. The van der Waals surface area contributed by atoms with Gasteiger partial charge in [0.15, 0.2) is 24.8 Å². The maximum absolute atomic E-state index is 12.4. The molecule has 286 valence electrons. The van der Waals surface area contributed by atoms with Crippen molar-refractivity contribution in [3.05, 3.63) is 60.2 Å². The summed E-state index contributed by atoms with van der Waals surface area (Å²) >= 11 is 0. The molecule has 8 heteroatoms. The molecule has 0 saturated heterocycles. The number of aryl methyl sites for hydroxylation is 2. The van der Waals surface area contributed by atoms with Crippen LogP contribution in [-0.4, -0.2) is 25.2 Å². The van der Waals surface area contributed by atoms with Crippen molar-refractivity contribution in [3.63, 3.8) is 0 Å². The van der Waals surface area contributed by atoms with E-state index >= 15 is 0 Å². The van der Waals surface area contributed by atoms with Gasteiger partial charge in [-0.1, -0.05) is 117 Å². The molecule has 6 nitrogen and oxygen atoms in total. The third-order valence-corrected chi connectivity index (χ3v) is 9.30. The largest absolute Gasteiger partial charge is 1.00 e. The smallest absolute Gasteiger partial charge is 0.338 e. The van der Waals surface area contributed by atoms with Gasteiger partial charge in [0, 0.05) is 37.1 Å². The van der Waals surface area contributed by atoms with E-state index in [-0.39, 0.29) is 59.9 Å². The Morgan fingerprint density at radius 3 is 0.980 bits per heavy atom. The highest BCUT2D eigenvalue weighted by molar-refractivity contribution is 5.89. The van der Waals surface area contributed by atoms with Gasteiger partial charge in [-0.3, -0.25) is 0 Å². The van der Waals surface area contributed by atoms with Crippen molar-refractivity contribution in [1.82, 2.24) is 0 Å². The zero-order chi connectivity index (χ0) is 34.3. The van der Waals surface area contributed by atoms with E-state index in [1.807, 2.05) is 49.1 Å². The predicted molar refractivity (Wildman–Crippen MR) is 196 cm³/mol. The van der Waals surface area contributed by atoms with Gasteiger partial charge in [-0.25, -0.2) is 18.7 Å². The number of carbonyl (C=O) groups is 2. The fourth-order valence-electron chi connectivity index (χ4n) is 6.10. The van der Waals surface area contributed by atoms with Gasteiger partial charge in [0.05, 0.1) is 24.3 Å². The molecule has 2 aromatic heterocycles. The molecule has 0 unspecified atom stereocenters. The molecule has 0 aliphatic rings. The predicted octanol–water partition coefficient (Wildman–Crippen LogP) is 4.69. The van der Waals surface area contributed by atoms with Gasteiger partial charge in [-0.05, 0) is 38.5 Å². The van der Waals surface area contributed by atoms with E-state index in [9.17, 15) is 9.59 Å². The Balaban J connectivity index is 0.0000120. The first kappa shape index (κ1) is 48.7. The summed E-state index contributed by atoms with van der Waals surface area (Å²) in [6, 6.07) is 7.44. The number of unbranched alkanes of at least 4 members (excludes halogenated alkanes) is 21. The lowest BCUT2D eigenvalue weighted by Gasteiger charge is -2.06. The van der Waals surface area contributed by atoms with E-state index < -0.39 is 0 Å². The van der Waals surface area contributed by atoms with Crippen LogP contribution in [0.5, 0.6) is 0 Å². The third kappa shape index (κ3) is 25.6. The molecule has 2 aromatic rings. The summed E-state index contributed by atoms with van der Waals surface area (Å²) in [5.74, 6) is -0.523. The summed E-state index contributed by atoms with van der Waals surface area (Å²) in [7, 11) is 0. The molecule has 50 heavy (non-hydrogen) atoms. The number of halogens is 2. The summed E-state index contributed by atoms with van der Waals surface area (Å²) in [5, 5.41) is 0. The fourth-order valence-corrected chi connectivity index (χ4v) is 6.10. The highest BCUT2D eigenvalue weighted by atomic mass is 127. The van der Waals surface area contributed by atoms with Gasteiger partial charge in [0.25, 0.3) is 0 Å². The van der Waals surface area contributed by atoms with Gasteiger partial charge in [-0.15, -0.1) is 0 Å². The lowest BCUT2D eigenvalue weighted by molar-refractivity contribution is -0.697. The minimum Gasteiger partial charge on any atom is -1.00 e. The molecular weight excluding hydrogens is 850 g/mol. The Morgan fingerprint density at radius 1 is 0.420 bits per heavy atom. The molecule has 0 aromatic carbocycles. The quantitative estimate of drug-likeness (QED) is 0.0478. The highest BCUT2D eigenvalue weighted by Gasteiger charge is 2.11. The summed E-state index contributed by atoms with van der Waals surface area (Å²) in [6.45, 7) is 7.34.